The Bertz CT molecular complexity index is 1470. The fourth-order valence-corrected chi connectivity index (χ4v) is 4.72. The van der Waals surface area contributed by atoms with Gasteiger partial charge >= 0.3 is 0 Å². The van der Waals surface area contributed by atoms with Crippen LogP contribution in [0, 0.1) is 13.8 Å². The van der Waals surface area contributed by atoms with Crippen molar-refractivity contribution < 1.29 is 4.79 Å². The lowest BCUT2D eigenvalue weighted by molar-refractivity contribution is 0.0978. The summed E-state index contributed by atoms with van der Waals surface area (Å²) in [4.78, 5) is 16.6. The molecule has 0 aliphatic heterocycles. The number of carbonyl (C=O) groups is 1. The molecule has 4 aromatic rings. The summed E-state index contributed by atoms with van der Waals surface area (Å²) < 4.78 is 0.748. The predicted octanol–water partition coefficient (Wildman–Crippen LogP) is 6.43. The van der Waals surface area contributed by atoms with E-state index in [0.29, 0.717) is 16.1 Å². The predicted molar refractivity (Wildman–Crippen MR) is 155 cm³/mol. The van der Waals surface area contributed by atoms with Gasteiger partial charge in [0.2, 0.25) is 0 Å². The molecule has 2 N–H and O–H groups in total. The fraction of sp³-hybridized carbons (Fsp3) is 0.231. The molecule has 3 aromatic carbocycles. The van der Waals surface area contributed by atoms with Crippen LogP contribution in [0.1, 0.15) is 35.3 Å². The summed E-state index contributed by atoms with van der Waals surface area (Å²) in [5.74, 6) is -0.396. The highest BCUT2D eigenvalue weighted by atomic mass is 79.9. The number of aryl methyl sites for hydroxylation is 2. The number of aromatic nitrogens is 3. The number of amides is 1. The summed E-state index contributed by atoms with van der Waals surface area (Å²) in [6.07, 6.45) is 0. The molecule has 0 spiro atoms. The van der Waals surface area contributed by atoms with Crippen LogP contribution in [0.2, 0.25) is 5.02 Å². The maximum atomic E-state index is 12.6. The maximum absolute atomic E-state index is 12.6. The molecule has 10 heteroatoms. The Morgan fingerprint density at radius 1 is 1.03 bits per heavy atom. The van der Waals surface area contributed by atoms with Crippen molar-refractivity contribution in [2.24, 2.45) is 0 Å². The van der Waals surface area contributed by atoms with E-state index in [1.807, 2.05) is 25.1 Å². The van der Waals surface area contributed by atoms with Crippen molar-refractivity contribution in [1.82, 2.24) is 20.3 Å². The number of halogens is 2. The highest BCUT2D eigenvalue weighted by molar-refractivity contribution is 9.10. The topological polar surface area (TPSA) is 75.1 Å². The van der Waals surface area contributed by atoms with Crippen LogP contribution < -0.4 is 15.5 Å². The second kappa shape index (κ2) is 10.9. The number of carbonyl (C=O) groups excluding carboxylic acids is 1. The molecule has 1 aromatic heterocycles. The van der Waals surface area contributed by atoms with Gasteiger partial charge in [0.25, 0.3) is 5.91 Å². The van der Waals surface area contributed by atoms with Gasteiger partial charge in [0.05, 0.1) is 16.3 Å². The second-order valence-electron chi connectivity index (χ2n) is 8.32. The zero-order valence-electron chi connectivity index (χ0n) is 20.4. The number of benzene rings is 3. The zero-order valence-corrected chi connectivity index (χ0v) is 23.6. The molecule has 0 atom stereocenters. The third-order valence-corrected chi connectivity index (χ3v) is 6.93. The van der Waals surface area contributed by atoms with Gasteiger partial charge in [-0.15, -0.1) is 10.2 Å². The summed E-state index contributed by atoms with van der Waals surface area (Å²) in [7, 11) is 0. The molecular weight excluding hydrogens is 560 g/mol. The molecule has 186 valence electrons. The van der Waals surface area contributed by atoms with Crippen LogP contribution in [0.15, 0.2) is 53.0 Å². The number of thiocarbonyl (C=S) groups is 1. The minimum absolute atomic E-state index is 0.161. The monoisotopic (exact) mass is 584 g/mol. The third kappa shape index (κ3) is 5.53. The second-order valence-corrected chi connectivity index (χ2v) is 10.1. The van der Waals surface area contributed by atoms with Crippen molar-refractivity contribution in [2.45, 2.75) is 27.7 Å². The van der Waals surface area contributed by atoms with E-state index in [2.05, 4.69) is 69.5 Å². The molecule has 0 aliphatic rings. The fourth-order valence-electron chi connectivity index (χ4n) is 3.96. The van der Waals surface area contributed by atoms with Gasteiger partial charge in [0.1, 0.15) is 11.0 Å². The number of hydrogen-bond donors (Lipinski definition) is 2. The van der Waals surface area contributed by atoms with E-state index in [9.17, 15) is 4.79 Å². The number of anilines is 2. The van der Waals surface area contributed by atoms with Gasteiger partial charge < -0.3 is 10.2 Å². The Labute approximate surface area is 228 Å². The van der Waals surface area contributed by atoms with Gasteiger partial charge in [0, 0.05) is 28.9 Å². The quantitative estimate of drug-likeness (QED) is 0.254. The summed E-state index contributed by atoms with van der Waals surface area (Å²) >= 11 is 14.9. The van der Waals surface area contributed by atoms with E-state index in [1.165, 1.54) is 5.69 Å². The summed E-state index contributed by atoms with van der Waals surface area (Å²) in [6, 6.07) is 15.2. The number of fused-ring (bicyclic) bond motifs is 1. The van der Waals surface area contributed by atoms with Crippen molar-refractivity contribution in [3.05, 3.63) is 74.7 Å². The minimum Gasteiger partial charge on any atom is -0.372 e. The normalized spacial score (nSPS) is 10.9. The molecule has 36 heavy (non-hydrogen) atoms. The minimum atomic E-state index is -0.396. The van der Waals surface area contributed by atoms with E-state index >= 15 is 0 Å². The Hall–Kier alpha value is -3.01. The van der Waals surface area contributed by atoms with Crippen LogP contribution in [-0.4, -0.2) is 39.1 Å². The largest absolute Gasteiger partial charge is 0.372 e. The van der Waals surface area contributed by atoms with Crippen molar-refractivity contribution in [3.8, 4) is 5.69 Å². The van der Waals surface area contributed by atoms with E-state index in [-0.39, 0.29) is 5.11 Å². The first-order chi connectivity index (χ1) is 17.2. The van der Waals surface area contributed by atoms with Crippen molar-refractivity contribution in [3.63, 3.8) is 0 Å². The lowest BCUT2D eigenvalue weighted by atomic mass is 10.1. The van der Waals surface area contributed by atoms with E-state index in [0.717, 1.165) is 45.6 Å². The number of rotatable bonds is 6. The average molecular weight is 586 g/mol. The van der Waals surface area contributed by atoms with E-state index in [4.69, 9.17) is 28.9 Å². The lowest BCUT2D eigenvalue weighted by Gasteiger charge is -2.22. The smallest absolute Gasteiger partial charge is 0.258 e. The lowest BCUT2D eigenvalue weighted by Crippen LogP contribution is -2.34. The van der Waals surface area contributed by atoms with Crippen molar-refractivity contribution in [2.75, 3.05) is 23.3 Å². The van der Waals surface area contributed by atoms with Gasteiger partial charge in [0.15, 0.2) is 5.11 Å². The van der Waals surface area contributed by atoms with Gasteiger partial charge in [-0.2, -0.15) is 4.80 Å². The van der Waals surface area contributed by atoms with Gasteiger partial charge in [-0.1, -0.05) is 27.5 Å². The van der Waals surface area contributed by atoms with Gasteiger partial charge in [-0.05, 0) is 99.6 Å². The molecule has 0 radical (unpaired) electrons. The molecule has 0 unspecified atom stereocenters. The Balaban J connectivity index is 1.55. The highest BCUT2D eigenvalue weighted by Crippen LogP contribution is 2.25. The van der Waals surface area contributed by atoms with Gasteiger partial charge in [-0.3, -0.25) is 10.1 Å². The molecule has 0 bridgehead atoms. The average Bonchev–Trinajstić information content (AvgIpc) is 3.23. The van der Waals surface area contributed by atoms with Crippen LogP contribution in [0.4, 0.5) is 11.4 Å². The highest BCUT2D eigenvalue weighted by Gasteiger charge is 2.15. The van der Waals surface area contributed by atoms with Crippen LogP contribution in [0.25, 0.3) is 16.7 Å². The van der Waals surface area contributed by atoms with E-state index < -0.39 is 5.91 Å². The van der Waals surface area contributed by atoms with Gasteiger partial charge in [-0.25, -0.2) is 0 Å². The molecule has 1 amide bonds. The SMILES string of the molecule is CCN(CC)c1ccc(-n2nc3cc(C)c(NC(=S)NC(=O)c4cc(Br)ccc4Cl)cc3n2)c(C)c1. The van der Waals surface area contributed by atoms with Crippen LogP contribution in [0.3, 0.4) is 0 Å². The first-order valence-corrected chi connectivity index (χ1v) is 13.1. The first kappa shape index (κ1) is 26.1. The zero-order chi connectivity index (χ0) is 26.0. The third-order valence-electron chi connectivity index (χ3n) is 5.90. The maximum Gasteiger partial charge on any atom is 0.258 e. The van der Waals surface area contributed by atoms with Crippen molar-refractivity contribution in [1.29, 1.82) is 0 Å². The molecule has 0 saturated heterocycles. The summed E-state index contributed by atoms with van der Waals surface area (Å²) in [5.41, 5.74) is 6.63. The Morgan fingerprint density at radius 2 is 1.72 bits per heavy atom. The number of nitrogens with one attached hydrogen (secondary N) is 2. The molecule has 0 fully saturated rings. The van der Waals surface area contributed by atoms with Crippen molar-refractivity contribution >= 4 is 73.2 Å². The molecular formula is C26H26BrClN6OS. The Kier molecular flexibility index (Phi) is 7.92. The summed E-state index contributed by atoms with van der Waals surface area (Å²) in [5, 5.41) is 15.7. The standard InChI is InChI=1S/C26H26BrClN6OS/c1-5-33(6-2)18-8-10-24(16(4)11-18)34-31-22-12-15(3)21(14-23(22)32-34)29-26(36)30-25(35)19-13-17(27)7-9-20(19)28/h7-14H,5-6H2,1-4H3,(H2,29,30,35,36). The number of hydrogen-bond acceptors (Lipinski definition) is 5. The van der Waals surface area contributed by atoms with E-state index in [1.54, 1.807) is 23.0 Å². The molecule has 1 heterocycles. The molecule has 0 aliphatic carbocycles. The number of nitrogens with zero attached hydrogens (tertiary/aromatic N) is 4. The molecule has 4 rings (SSSR count). The molecule has 0 saturated carbocycles. The Morgan fingerprint density at radius 3 is 2.39 bits per heavy atom. The first-order valence-electron chi connectivity index (χ1n) is 11.5. The van der Waals surface area contributed by atoms with Crippen LogP contribution in [-0.2, 0) is 0 Å². The van der Waals surface area contributed by atoms with Crippen LogP contribution in [0.5, 0.6) is 0 Å². The van der Waals surface area contributed by atoms with Crippen LogP contribution >= 0.6 is 39.7 Å². The summed E-state index contributed by atoms with van der Waals surface area (Å²) in [6.45, 7) is 10.2. The molecule has 7 nitrogen and oxygen atoms in total.